The van der Waals surface area contributed by atoms with Gasteiger partial charge < -0.3 is 15.2 Å². The average molecular weight is 470 g/mol. The molecule has 0 aliphatic carbocycles. The van der Waals surface area contributed by atoms with Gasteiger partial charge in [0.15, 0.2) is 11.8 Å². The quantitative estimate of drug-likeness (QED) is 0.397. The van der Waals surface area contributed by atoms with E-state index in [1.165, 1.54) is 5.56 Å². The minimum atomic E-state index is 0. The van der Waals surface area contributed by atoms with Crippen LogP contribution in [0.15, 0.2) is 39.8 Å². The Hall–Kier alpha value is -1.68. The number of nitrogens with zero attached hydrogens (tertiary/aromatic N) is 4. The molecule has 2 aromatic rings. The van der Waals surface area contributed by atoms with E-state index in [4.69, 9.17) is 4.52 Å². The van der Waals surface area contributed by atoms with Crippen molar-refractivity contribution >= 4 is 29.9 Å². The fraction of sp³-hybridized carbons (Fsp3) is 0.500. The minimum Gasteiger partial charge on any atom is -0.352 e. The van der Waals surface area contributed by atoms with E-state index in [1.54, 1.807) is 14.0 Å². The highest BCUT2D eigenvalue weighted by molar-refractivity contribution is 14.0. The molecule has 2 N–H and O–H groups in total. The molecule has 3 rings (SSSR count). The molecule has 2 unspecified atom stereocenters. The van der Waals surface area contributed by atoms with E-state index in [-0.39, 0.29) is 24.0 Å². The summed E-state index contributed by atoms with van der Waals surface area (Å²) < 4.78 is 5.11. The predicted molar refractivity (Wildman–Crippen MR) is 113 cm³/mol. The highest BCUT2D eigenvalue weighted by Gasteiger charge is 2.27. The van der Waals surface area contributed by atoms with Gasteiger partial charge in [0, 0.05) is 32.2 Å². The maximum absolute atomic E-state index is 5.11. The third-order valence-electron chi connectivity index (χ3n) is 4.59. The summed E-state index contributed by atoms with van der Waals surface area (Å²) in [6, 6.07) is 11.4. The smallest absolute Gasteiger partial charge is 0.246 e. The number of nitrogens with one attached hydrogen (secondary N) is 2. The highest BCUT2D eigenvalue weighted by atomic mass is 127. The summed E-state index contributed by atoms with van der Waals surface area (Å²) in [6.07, 6.45) is 1.09. The van der Waals surface area contributed by atoms with Gasteiger partial charge in [0.2, 0.25) is 5.89 Å². The number of rotatable bonds is 5. The van der Waals surface area contributed by atoms with Gasteiger partial charge in [0.1, 0.15) is 0 Å². The van der Waals surface area contributed by atoms with Crippen molar-refractivity contribution < 1.29 is 4.52 Å². The molecule has 0 spiro atoms. The number of hydrogen-bond donors (Lipinski definition) is 2. The Morgan fingerprint density at radius 1 is 1.38 bits per heavy atom. The lowest BCUT2D eigenvalue weighted by Crippen LogP contribution is -2.44. The molecule has 2 heterocycles. The van der Waals surface area contributed by atoms with Gasteiger partial charge in [-0.3, -0.25) is 9.89 Å². The van der Waals surface area contributed by atoms with E-state index < -0.39 is 0 Å². The van der Waals surface area contributed by atoms with Crippen molar-refractivity contribution in [1.82, 2.24) is 25.7 Å². The van der Waals surface area contributed by atoms with Gasteiger partial charge in [0.05, 0.1) is 6.54 Å². The van der Waals surface area contributed by atoms with Crippen LogP contribution >= 0.6 is 24.0 Å². The Kier molecular flexibility index (Phi) is 7.83. The monoisotopic (exact) mass is 470 g/mol. The largest absolute Gasteiger partial charge is 0.352 e. The normalized spacial score (nSPS) is 19.0. The molecule has 7 nitrogen and oxygen atoms in total. The van der Waals surface area contributed by atoms with Crippen molar-refractivity contribution in [2.45, 2.75) is 38.9 Å². The topological polar surface area (TPSA) is 78.6 Å². The molecule has 1 saturated heterocycles. The van der Waals surface area contributed by atoms with Gasteiger partial charge in [-0.05, 0) is 25.8 Å². The molecule has 2 atom stereocenters. The summed E-state index contributed by atoms with van der Waals surface area (Å²) in [5.41, 5.74) is 1.36. The molecule has 1 aliphatic rings. The fourth-order valence-electron chi connectivity index (χ4n) is 3.16. The average Bonchev–Trinajstić information content (AvgIpc) is 3.27. The zero-order chi connectivity index (χ0) is 17.6. The predicted octanol–water partition coefficient (Wildman–Crippen LogP) is 2.50. The zero-order valence-electron chi connectivity index (χ0n) is 15.5. The second-order valence-electron chi connectivity index (χ2n) is 6.37. The number of hydrogen-bond acceptors (Lipinski definition) is 5. The summed E-state index contributed by atoms with van der Waals surface area (Å²) in [7, 11) is 1.77. The second kappa shape index (κ2) is 9.86. The van der Waals surface area contributed by atoms with E-state index >= 15 is 0 Å². The lowest BCUT2D eigenvalue weighted by Gasteiger charge is -2.25. The number of aliphatic imine (C=N–C) groups is 1. The molecule has 1 aliphatic heterocycles. The standard InChI is InChI=1S/C18H26N6O.HI/c1-13(15-7-5-4-6-8-15)24-10-9-16(12-24)22-18(19-3)20-11-17-21-14(2)23-25-17;/h4-8,13,16H,9-12H2,1-3H3,(H2,19,20,22);1H. The van der Waals surface area contributed by atoms with Crippen LogP contribution in [0.4, 0.5) is 0 Å². The van der Waals surface area contributed by atoms with Gasteiger partial charge in [-0.15, -0.1) is 24.0 Å². The summed E-state index contributed by atoms with van der Waals surface area (Å²) >= 11 is 0. The zero-order valence-corrected chi connectivity index (χ0v) is 17.8. The first-order valence-electron chi connectivity index (χ1n) is 8.71. The molecule has 142 valence electrons. The van der Waals surface area contributed by atoms with Gasteiger partial charge >= 0.3 is 0 Å². The lowest BCUT2D eigenvalue weighted by molar-refractivity contribution is 0.258. The van der Waals surface area contributed by atoms with Gasteiger partial charge in [-0.1, -0.05) is 35.5 Å². The van der Waals surface area contributed by atoms with Gasteiger partial charge in [-0.25, -0.2) is 0 Å². The molecular weight excluding hydrogens is 443 g/mol. The third-order valence-corrected chi connectivity index (χ3v) is 4.59. The van der Waals surface area contributed by atoms with Crippen molar-refractivity contribution in [1.29, 1.82) is 0 Å². The number of aromatic nitrogens is 2. The van der Waals surface area contributed by atoms with Crippen molar-refractivity contribution in [3.8, 4) is 0 Å². The van der Waals surface area contributed by atoms with E-state index in [0.717, 1.165) is 25.5 Å². The second-order valence-corrected chi connectivity index (χ2v) is 6.37. The van der Waals surface area contributed by atoms with E-state index in [9.17, 15) is 0 Å². The molecule has 8 heteroatoms. The molecular formula is C18H27IN6O. The highest BCUT2D eigenvalue weighted by Crippen LogP contribution is 2.24. The summed E-state index contributed by atoms with van der Waals surface area (Å²) in [4.78, 5) is 11.0. The number of aryl methyl sites for hydroxylation is 1. The van der Waals surface area contributed by atoms with E-state index in [2.05, 4.69) is 67.9 Å². The molecule has 1 aromatic carbocycles. The first-order valence-corrected chi connectivity index (χ1v) is 8.71. The lowest BCUT2D eigenvalue weighted by atomic mass is 10.1. The molecule has 0 amide bonds. The van der Waals surface area contributed by atoms with Crippen LogP contribution in [0.5, 0.6) is 0 Å². The minimum absolute atomic E-state index is 0. The van der Waals surface area contributed by atoms with Crippen molar-refractivity contribution in [2.75, 3.05) is 20.1 Å². The maximum Gasteiger partial charge on any atom is 0.246 e. The van der Waals surface area contributed by atoms with Crippen molar-refractivity contribution in [2.24, 2.45) is 4.99 Å². The molecule has 26 heavy (non-hydrogen) atoms. The van der Waals surface area contributed by atoms with Crippen LogP contribution in [0.3, 0.4) is 0 Å². The van der Waals surface area contributed by atoms with Crippen LogP contribution in [-0.2, 0) is 6.54 Å². The summed E-state index contributed by atoms with van der Waals surface area (Å²) in [6.45, 7) is 6.62. The number of likely N-dealkylation sites (tertiary alicyclic amines) is 1. The maximum atomic E-state index is 5.11. The van der Waals surface area contributed by atoms with E-state index in [1.807, 2.05) is 0 Å². The fourth-order valence-corrected chi connectivity index (χ4v) is 3.16. The first kappa shape index (κ1) is 20.6. The van der Waals surface area contributed by atoms with Crippen LogP contribution < -0.4 is 10.6 Å². The van der Waals surface area contributed by atoms with Gasteiger partial charge in [0.25, 0.3) is 0 Å². The van der Waals surface area contributed by atoms with Crippen LogP contribution in [0.2, 0.25) is 0 Å². The van der Waals surface area contributed by atoms with Crippen LogP contribution in [-0.4, -0.2) is 47.2 Å². The molecule has 1 fully saturated rings. The molecule has 0 radical (unpaired) electrons. The van der Waals surface area contributed by atoms with Crippen molar-refractivity contribution in [3.63, 3.8) is 0 Å². The first-order chi connectivity index (χ1) is 12.2. The Labute approximate surface area is 171 Å². The van der Waals surface area contributed by atoms with Crippen LogP contribution in [0.25, 0.3) is 0 Å². The Morgan fingerprint density at radius 2 is 2.15 bits per heavy atom. The Bertz CT molecular complexity index is 705. The molecule has 0 saturated carbocycles. The van der Waals surface area contributed by atoms with E-state index in [0.29, 0.717) is 30.3 Å². The number of halogens is 1. The Morgan fingerprint density at radius 3 is 2.81 bits per heavy atom. The molecule has 0 bridgehead atoms. The van der Waals surface area contributed by atoms with Crippen LogP contribution in [0.1, 0.15) is 36.7 Å². The van der Waals surface area contributed by atoms with Crippen LogP contribution in [0, 0.1) is 6.92 Å². The SMILES string of the molecule is CN=C(NCc1nc(C)no1)NC1CCN(C(C)c2ccccc2)C1.I. The number of guanidine groups is 1. The van der Waals surface area contributed by atoms with Gasteiger partial charge in [-0.2, -0.15) is 4.98 Å². The Balaban J connectivity index is 0.00000243. The summed E-state index contributed by atoms with van der Waals surface area (Å²) in [5, 5.41) is 10.5. The third kappa shape index (κ3) is 5.41. The summed E-state index contributed by atoms with van der Waals surface area (Å²) in [5.74, 6) is 1.96. The van der Waals surface area contributed by atoms with Crippen molar-refractivity contribution in [3.05, 3.63) is 47.6 Å². The number of benzene rings is 1. The molecule has 1 aromatic heterocycles.